The molecule has 0 saturated carbocycles. The van der Waals surface area contributed by atoms with E-state index in [-0.39, 0.29) is 38.3 Å². The molecule has 0 spiro atoms. The van der Waals surface area contributed by atoms with Crippen molar-refractivity contribution in [3.63, 3.8) is 0 Å². The number of sulfonamides is 1. The summed E-state index contributed by atoms with van der Waals surface area (Å²) in [7, 11) is -9.30. The highest BCUT2D eigenvalue weighted by molar-refractivity contribution is 7.92. The molecule has 0 bridgehead atoms. The number of rotatable bonds is 4. The maximum atomic E-state index is 13.4. The highest BCUT2D eigenvalue weighted by atomic mass is 32.2. The molecule has 0 radical (unpaired) electrons. The van der Waals surface area contributed by atoms with Crippen molar-refractivity contribution >= 4 is 42.5 Å². The summed E-state index contributed by atoms with van der Waals surface area (Å²) in [4.78, 5) is 20.7. The van der Waals surface area contributed by atoms with Gasteiger partial charge in [-0.2, -0.15) is 0 Å². The lowest BCUT2D eigenvalue weighted by atomic mass is 9.86. The molecule has 0 unspecified atom stereocenters. The fourth-order valence-corrected chi connectivity index (χ4v) is 5.59. The van der Waals surface area contributed by atoms with Crippen LogP contribution in [0.1, 0.15) is 21.5 Å². The van der Waals surface area contributed by atoms with Crippen LogP contribution in [0.2, 0.25) is 0 Å². The van der Waals surface area contributed by atoms with Crippen LogP contribution in [0.15, 0.2) is 70.7 Å². The number of anilines is 1. The first-order valence-corrected chi connectivity index (χ1v) is 12.5. The van der Waals surface area contributed by atoms with Gasteiger partial charge in [-0.25, -0.2) is 26.8 Å². The highest BCUT2D eigenvalue weighted by Gasteiger charge is 2.32. The Kier molecular flexibility index (Phi) is 4.60. The second-order valence-corrected chi connectivity index (χ2v) is 10.5. The van der Waals surface area contributed by atoms with E-state index >= 15 is 0 Å². The first-order chi connectivity index (χ1) is 15.6. The van der Waals surface area contributed by atoms with Crippen molar-refractivity contribution in [3.05, 3.63) is 77.6 Å². The Bertz CT molecular complexity index is 1700. The highest BCUT2D eigenvalue weighted by Crippen LogP contribution is 2.43. The second kappa shape index (κ2) is 7.17. The molecule has 0 aliphatic heterocycles. The minimum Gasteiger partial charge on any atom is -0.744 e. The number of benzene rings is 3. The minimum absolute atomic E-state index is 0.000249. The second-order valence-electron chi connectivity index (χ2n) is 7.49. The summed E-state index contributed by atoms with van der Waals surface area (Å²) in [6.07, 6.45) is 1.10. The standard InChI is InChI=1S/C22H15N3O6S2/c1-12-6-8-13(9-7-12)32(27,28)25-16-10-17(33(29,30)31)21-19-18(16)22(26)15-5-3-2-4-14(15)20(19)23-11-24-21/h2-11,25H,1H3,(H,29,30,31)/p-1. The lowest BCUT2D eigenvalue weighted by molar-refractivity contribution is 0.104. The number of aromatic nitrogens is 2. The number of ketones is 1. The Labute approximate surface area is 188 Å². The predicted octanol–water partition coefficient (Wildman–Crippen LogP) is 2.85. The van der Waals surface area contributed by atoms with Crippen LogP contribution >= 0.6 is 0 Å². The number of carbonyl (C=O) groups is 1. The zero-order chi connectivity index (χ0) is 23.5. The largest absolute Gasteiger partial charge is 0.744 e. The number of hydrogen-bond donors (Lipinski definition) is 1. The average Bonchev–Trinajstić information content (AvgIpc) is 2.77. The summed E-state index contributed by atoms with van der Waals surface area (Å²) in [5.41, 5.74) is 1.05. The molecule has 5 rings (SSSR count). The van der Waals surface area contributed by atoms with Crippen molar-refractivity contribution in [2.45, 2.75) is 16.7 Å². The number of aryl methyl sites for hydroxylation is 1. The Morgan fingerprint density at radius 1 is 0.909 bits per heavy atom. The van der Waals surface area contributed by atoms with E-state index in [1.165, 1.54) is 12.1 Å². The molecule has 3 aromatic carbocycles. The van der Waals surface area contributed by atoms with E-state index in [4.69, 9.17) is 0 Å². The van der Waals surface area contributed by atoms with Crippen LogP contribution < -0.4 is 4.72 Å². The Morgan fingerprint density at radius 3 is 2.24 bits per heavy atom. The van der Waals surface area contributed by atoms with Crippen molar-refractivity contribution < 1.29 is 26.2 Å². The molecule has 1 aliphatic rings. The molecule has 11 heteroatoms. The van der Waals surface area contributed by atoms with E-state index in [0.29, 0.717) is 5.56 Å². The van der Waals surface area contributed by atoms with Gasteiger partial charge >= 0.3 is 0 Å². The molecule has 9 nitrogen and oxygen atoms in total. The first kappa shape index (κ1) is 21.2. The lowest BCUT2D eigenvalue weighted by Crippen LogP contribution is -2.20. The zero-order valence-electron chi connectivity index (χ0n) is 16.9. The van der Waals surface area contributed by atoms with Gasteiger partial charge in [0, 0.05) is 16.5 Å². The zero-order valence-corrected chi connectivity index (χ0v) is 18.6. The summed E-state index contributed by atoms with van der Waals surface area (Å²) in [5, 5.41) is -0.000249. The molecular weight excluding hydrogens is 466 g/mol. The molecule has 0 saturated heterocycles. The molecule has 0 atom stereocenters. The van der Waals surface area contributed by atoms with E-state index in [1.54, 1.807) is 43.3 Å². The average molecular weight is 481 g/mol. The first-order valence-electron chi connectivity index (χ1n) is 9.59. The molecule has 33 heavy (non-hydrogen) atoms. The summed E-state index contributed by atoms with van der Waals surface area (Å²) < 4.78 is 64.5. The number of nitrogens with one attached hydrogen (secondary N) is 1. The van der Waals surface area contributed by atoms with E-state index in [1.807, 2.05) is 0 Å². The van der Waals surface area contributed by atoms with Gasteiger partial charge in [-0.3, -0.25) is 9.52 Å². The van der Waals surface area contributed by atoms with Gasteiger partial charge in [-0.15, -0.1) is 0 Å². The summed E-state index contributed by atoms with van der Waals surface area (Å²) in [6, 6.07) is 13.3. The van der Waals surface area contributed by atoms with Crippen LogP contribution in [0.4, 0.5) is 5.69 Å². The smallest absolute Gasteiger partial charge is 0.261 e. The van der Waals surface area contributed by atoms with Crippen molar-refractivity contribution in [1.82, 2.24) is 9.97 Å². The van der Waals surface area contributed by atoms with Gasteiger partial charge in [-0.05, 0) is 25.1 Å². The van der Waals surface area contributed by atoms with Crippen molar-refractivity contribution in [3.8, 4) is 11.3 Å². The minimum atomic E-state index is -5.08. The molecule has 1 N–H and O–H groups in total. The van der Waals surface area contributed by atoms with E-state index in [0.717, 1.165) is 18.0 Å². The Morgan fingerprint density at radius 2 is 1.58 bits per heavy atom. The van der Waals surface area contributed by atoms with Gasteiger partial charge in [0.05, 0.1) is 32.3 Å². The quantitative estimate of drug-likeness (QED) is 0.386. The van der Waals surface area contributed by atoms with Gasteiger partial charge in [0.2, 0.25) is 0 Å². The van der Waals surface area contributed by atoms with Crippen LogP contribution in [-0.4, -0.2) is 37.1 Å². The predicted molar refractivity (Wildman–Crippen MR) is 118 cm³/mol. The summed E-state index contributed by atoms with van der Waals surface area (Å²) in [6.45, 7) is 1.79. The molecule has 1 heterocycles. The molecule has 166 valence electrons. The summed E-state index contributed by atoms with van der Waals surface area (Å²) in [5.74, 6) is -0.547. The Hall–Kier alpha value is -3.67. The van der Waals surface area contributed by atoms with Crippen molar-refractivity contribution in [2.75, 3.05) is 4.72 Å². The number of fused-ring (bicyclic) bond motifs is 2. The van der Waals surface area contributed by atoms with E-state index < -0.39 is 30.8 Å². The Balaban J connectivity index is 1.85. The van der Waals surface area contributed by atoms with Gasteiger partial charge in [0.15, 0.2) is 5.78 Å². The maximum absolute atomic E-state index is 13.4. The fraction of sp³-hybridized carbons (Fsp3) is 0.0455. The van der Waals surface area contributed by atoms with Crippen LogP contribution in [0.25, 0.3) is 22.2 Å². The topological polar surface area (TPSA) is 146 Å². The molecule has 4 aromatic rings. The summed E-state index contributed by atoms with van der Waals surface area (Å²) >= 11 is 0. The van der Waals surface area contributed by atoms with Gasteiger partial charge in [0.25, 0.3) is 10.0 Å². The van der Waals surface area contributed by atoms with E-state index in [9.17, 15) is 26.2 Å². The van der Waals surface area contributed by atoms with Gasteiger partial charge in [0.1, 0.15) is 16.4 Å². The van der Waals surface area contributed by atoms with Crippen LogP contribution in [0.3, 0.4) is 0 Å². The molecular formula is C22H14N3O6S2-. The maximum Gasteiger partial charge on any atom is 0.261 e. The number of carbonyl (C=O) groups excluding carboxylic acids is 1. The number of hydrogen-bond acceptors (Lipinski definition) is 8. The van der Waals surface area contributed by atoms with Crippen molar-refractivity contribution in [1.29, 1.82) is 0 Å². The van der Waals surface area contributed by atoms with Gasteiger partial charge < -0.3 is 4.55 Å². The number of nitrogens with zero attached hydrogens (tertiary/aromatic N) is 2. The van der Waals surface area contributed by atoms with Crippen LogP contribution in [0, 0.1) is 6.92 Å². The van der Waals surface area contributed by atoms with Crippen LogP contribution in [0.5, 0.6) is 0 Å². The van der Waals surface area contributed by atoms with Gasteiger partial charge in [-0.1, -0.05) is 42.0 Å². The molecule has 0 amide bonds. The van der Waals surface area contributed by atoms with Crippen molar-refractivity contribution in [2.24, 2.45) is 0 Å². The SMILES string of the molecule is Cc1ccc(S(=O)(=O)Nc2cc(S(=O)(=O)[O-])c3ncnc4c3c2C(=O)c2ccccc2-4)cc1. The third-order valence-electron chi connectivity index (χ3n) is 5.37. The lowest BCUT2D eigenvalue weighted by Gasteiger charge is -2.23. The monoisotopic (exact) mass is 480 g/mol. The third kappa shape index (κ3) is 3.37. The molecule has 1 aromatic heterocycles. The molecule has 0 fully saturated rings. The normalized spacial score (nSPS) is 13.1. The van der Waals surface area contributed by atoms with Crippen LogP contribution in [-0.2, 0) is 20.1 Å². The molecule has 1 aliphatic carbocycles. The third-order valence-corrected chi connectivity index (χ3v) is 7.61. The van der Waals surface area contributed by atoms with E-state index in [2.05, 4.69) is 14.7 Å². The fourth-order valence-electron chi connectivity index (χ4n) is 3.87.